The van der Waals surface area contributed by atoms with Crippen LogP contribution in [0.15, 0.2) is 108 Å². The third kappa shape index (κ3) is 5.32. The summed E-state index contributed by atoms with van der Waals surface area (Å²) in [6, 6.07) is 32.8. The van der Waals surface area contributed by atoms with E-state index in [-0.39, 0.29) is 17.2 Å². The Morgan fingerprint density at radius 3 is 1.79 bits per heavy atom. The maximum Gasteiger partial charge on any atom is 0.271 e. The van der Waals surface area contributed by atoms with Crippen LogP contribution < -0.4 is 10.7 Å². The highest BCUT2D eigenvalue weighted by atomic mass is 16.2. The van der Waals surface area contributed by atoms with Crippen molar-refractivity contribution >= 4 is 45.3 Å². The molecule has 5 nitrogen and oxygen atoms in total. The molecule has 2 N–H and O–H groups in total. The Hall–Kier alpha value is -4.77. The average Bonchev–Trinajstić information content (AvgIpc) is 2.92. The zero-order valence-corrected chi connectivity index (χ0v) is 21.7. The van der Waals surface area contributed by atoms with Gasteiger partial charge in [0.1, 0.15) is 0 Å². The van der Waals surface area contributed by atoms with Crippen molar-refractivity contribution in [2.45, 2.75) is 26.2 Å². The first-order chi connectivity index (χ1) is 18.3. The average molecular weight is 500 g/mol. The number of hydrazone groups is 1. The maximum absolute atomic E-state index is 12.7. The van der Waals surface area contributed by atoms with Gasteiger partial charge in [-0.25, -0.2) is 5.43 Å². The van der Waals surface area contributed by atoms with Gasteiger partial charge in [-0.2, -0.15) is 5.10 Å². The molecule has 0 radical (unpaired) electrons. The molecule has 0 atom stereocenters. The van der Waals surface area contributed by atoms with E-state index in [2.05, 4.69) is 66.9 Å². The Morgan fingerprint density at radius 1 is 0.684 bits per heavy atom. The summed E-state index contributed by atoms with van der Waals surface area (Å²) in [4.78, 5) is 25.4. The molecule has 0 aliphatic rings. The summed E-state index contributed by atoms with van der Waals surface area (Å²) in [7, 11) is 0. The third-order valence-electron chi connectivity index (χ3n) is 6.59. The number of amides is 2. The van der Waals surface area contributed by atoms with Crippen molar-refractivity contribution in [2.75, 3.05) is 5.32 Å². The fourth-order valence-electron chi connectivity index (χ4n) is 4.44. The number of benzene rings is 5. The molecule has 0 bridgehead atoms. The van der Waals surface area contributed by atoms with E-state index < -0.39 is 0 Å². The predicted octanol–water partition coefficient (Wildman–Crippen LogP) is 7.31. The minimum atomic E-state index is -0.332. The van der Waals surface area contributed by atoms with Gasteiger partial charge in [0.2, 0.25) is 0 Å². The van der Waals surface area contributed by atoms with Crippen LogP contribution in [-0.2, 0) is 5.41 Å². The van der Waals surface area contributed by atoms with Gasteiger partial charge in [0.15, 0.2) is 0 Å². The molecule has 2 amide bonds. The standard InChI is InChI=1S/C33H29N3O2/c1-33(2,3)26-16-12-22(13-17-26)31(37)35-27-18-14-23(15-19-27)32(38)36-34-21-30-28-10-6-4-8-24(28)20-25-9-5-7-11-29(25)30/h4-21H,1-3H3,(H,35,37)(H,36,38)/b34-21+. The van der Waals surface area contributed by atoms with Crippen LogP contribution >= 0.6 is 0 Å². The van der Waals surface area contributed by atoms with Crippen molar-refractivity contribution in [3.63, 3.8) is 0 Å². The lowest BCUT2D eigenvalue weighted by molar-refractivity contribution is 0.0954. The molecule has 0 spiro atoms. The molecule has 0 saturated heterocycles. The van der Waals surface area contributed by atoms with Crippen LogP contribution in [0.5, 0.6) is 0 Å². The second-order valence-corrected chi connectivity index (χ2v) is 10.3. The van der Waals surface area contributed by atoms with Crippen LogP contribution in [0.25, 0.3) is 21.5 Å². The number of rotatable bonds is 5. The Balaban J connectivity index is 1.26. The molecular formula is C33H29N3O2. The maximum atomic E-state index is 12.7. The monoisotopic (exact) mass is 499 g/mol. The summed E-state index contributed by atoms with van der Waals surface area (Å²) in [5.74, 6) is -0.531. The number of carbonyl (C=O) groups excluding carboxylic acids is 2. The van der Waals surface area contributed by atoms with Gasteiger partial charge in [-0.15, -0.1) is 0 Å². The zero-order chi connectivity index (χ0) is 26.7. The lowest BCUT2D eigenvalue weighted by atomic mass is 9.87. The molecule has 5 heteroatoms. The molecule has 188 valence electrons. The van der Waals surface area contributed by atoms with E-state index in [0.717, 1.165) is 27.1 Å². The second kappa shape index (κ2) is 10.3. The fraction of sp³-hybridized carbons (Fsp3) is 0.121. The summed E-state index contributed by atoms with van der Waals surface area (Å²) >= 11 is 0. The summed E-state index contributed by atoms with van der Waals surface area (Å²) in [6.45, 7) is 6.41. The summed E-state index contributed by atoms with van der Waals surface area (Å²) < 4.78 is 0. The van der Waals surface area contributed by atoms with Crippen molar-refractivity contribution in [1.82, 2.24) is 5.43 Å². The van der Waals surface area contributed by atoms with Crippen LogP contribution in [0.4, 0.5) is 5.69 Å². The van der Waals surface area contributed by atoms with Crippen LogP contribution in [0, 0.1) is 0 Å². The Labute approximate surface area is 222 Å². The summed E-state index contributed by atoms with van der Waals surface area (Å²) in [5, 5.41) is 11.5. The van der Waals surface area contributed by atoms with E-state index in [1.54, 1.807) is 30.5 Å². The van der Waals surface area contributed by atoms with Crippen molar-refractivity contribution < 1.29 is 9.59 Å². The molecule has 0 aliphatic carbocycles. The highest BCUT2D eigenvalue weighted by Gasteiger charge is 2.14. The summed E-state index contributed by atoms with van der Waals surface area (Å²) in [5.41, 5.74) is 6.40. The van der Waals surface area contributed by atoms with Gasteiger partial charge in [0, 0.05) is 22.4 Å². The van der Waals surface area contributed by atoms with Gasteiger partial charge in [-0.05, 0) is 75.0 Å². The topological polar surface area (TPSA) is 70.6 Å². The number of hydrogen-bond donors (Lipinski definition) is 2. The van der Waals surface area contributed by atoms with Crippen molar-refractivity contribution in [3.8, 4) is 0 Å². The largest absolute Gasteiger partial charge is 0.322 e. The molecule has 0 fully saturated rings. The van der Waals surface area contributed by atoms with Crippen LogP contribution in [0.3, 0.4) is 0 Å². The molecule has 0 saturated carbocycles. The summed E-state index contributed by atoms with van der Waals surface area (Å²) in [6.07, 6.45) is 1.70. The number of fused-ring (bicyclic) bond motifs is 2. The molecular weight excluding hydrogens is 470 g/mol. The van der Waals surface area contributed by atoms with Crippen LogP contribution in [-0.4, -0.2) is 18.0 Å². The second-order valence-electron chi connectivity index (χ2n) is 10.3. The predicted molar refractivity (Wildman–Crippen MR) is 156 cm³/mol. The Bertz CT molecular complexity index is 1610. The number of nitrogens with one attached hydrogen (secondary N) is 2. The van der Waals surface area contributed by atoms with Crippen molar-refractivity contribution in [1.29, 1.82) is 0 Å². The molecule has 5 rings (SSSR count). The van der Waals surface area contributed by atoms with E-state index >= 15 is 0 Å². The minimum Gasteiger partial charge on any atom is -0.322 e. The number of carbonyl (C=O) groups is 2. The molecule has 0 aromatic heterocycles. The van der Waals surface area contributed by atoms with Gasteiger partial charge < -0.3 is 5.32 Å². The van der Waals surface area contributed by atoms with Gasteiger partial charge in [0.25, 0.3) is 11.8 Å². The first-order valence-electron chi connectivity index (χ1n) is 12.6. The molecule has 0 heterocycles. The molecule has 38 heavy (non-hydrogen) atoms. The number of nitrogens with zero attached hydrogens (tertiary/aromatic N) is 1. The van der Waals surface area contributed by atoms with Crippen LogP contribution in [0.2, 0.25) is 0 Å². The first kappa shape index (κ1) is 24.9. The number of anilines is 1. The normalized spacial score (nSPS) is 11.7. The smallest absolute Gasteiger partial charge is 0.271 e. The number of hydrogen-bond acceptors (Lipinski definition) is 3. The fourth-order valence-corrected chi connectivity index (χ4v) is 4.44. The lowest BCUT2D eigenvalue weighted by Crippen LogP contribution is -2.18. The zero-order valence-electron chi connectivity index (χ0n) is 21.7. The van der Waals surface area contributed by atoms with Gasteiger partial charge in [-0.1, -0.05) is 81.4 Å². The van der Waals surface area contributed by atoms with E-state index in [1.807, 2.05) is 48.5 Å². The molecule has 0 unspecified atom stereocenters. The van der Waals surface area contributed by atoms with E-state index in [9.17, 15) is 9.59 Å². The first-order valence-corrected chi connectivity index (χ1v) is 12.6. The molecule has 0 aliphatic heterocycles. The van der Waals surface area contributed by atoms with Crippen molar-refractivity contribution in [2.24, 2.45) is 5.10 Å². The minimum absolute atomic E-state index is 0.0259. The van der Waals surface area contributed by atoms with Crippen molar-refractivity contribution in [3.05, 3.63) is 125 Å². The quantitative estimate of drug-likeness (QED) is 0.151. The molecule has 5 aromatic rings. The highest BCUT2D eigenvalue weighted by Crippen LogP contribution is 2.27. The van der Waals surface area contributed by atoms with Gasteiger partial charge in [0.05, 0.1) is 6.21 Å². The SMILES string of the molecule is CC(C)(C)c1ccc(C(=O)Nc2ccc(C(=O)N/N=C/c3c4ccccc4cc4ccccc34)cc2)cc1. The van der Waals surface area contributed by atoms with E-state index in [1.165, 1.54) is 5.56 Å². The Kier molecular flexibility index (Phi) is 6.75. The van der Waals surface area contributed by atoms with E-state index in [0.29, 0.717) is 16.8 Å². The Morgan fingerprint density at radius 2 is 1.21 bits per heavy atom. The third-order valence-corrected chi connectivity index (χ3v) is 6.59. The lowest BCUT2D eigenvalue weighted by Gasteiger charge is -2.19. The highest BCUT2D eigenvalue weighted by molar-refractivity contribution is 6.13. The van der Waals surface area contributed by atoms with Crippen LogP contribution in [0.1, 0.15) is 52.6 Å². The molecule has 5 aromatic carbocycles. The van der Waals surface area contributed by atoms with Gasteiger partial charge >= 0.3 is 0 Å². The van der Waals surface area contributed by atoms with Gasteiger partial charge in [-0.3, -0.25) is 9.59 Å². The van der Waals surface area contributed by atoms with E-state index in [4.69, 9.17) is 0 Å².